The average molecular weight is 517 g/mol. The molecule has 0 radical (unpaired) electrons. The number of ketones is 2. The molecule has 0 heterocycles. The van der Waals surface area contributed by atoms with Crippen LogP contribution in [0.4, 0.5) is 0 Å². The molecule has 4 rings (SSSR count). The number of hydrogen-bond donors (Lipinski definition) is 6. The Morgan fingerprint density at radius 1 is 1.12 bits per heavy atom. The van der Waals surface area contributed by atoms with E-state index >= 15 is 0 Å². The molecule has 1 amide bonds. The third-order valence-corrected chi connectivity index (χ3v) is 6.99. The molecule has 7 N–H and O–H groups in total. The number of nitrogens with two attached hydrogens (primary N) is 1. The molecule has 0 unspecified atom stereocenters. The maximum Gasteiger partial charge on any atom is 0.255 e. The van der Waals surface area contributed by atoms with E-state index in [2.05, 4.69) is 0 Å². The molecular weight excluding hydrogens is 491 g/mol. The quantitative estimate of drug-likeness (QED) is 0.302. The molecule has 3 aliphatic carbocycles. The lowest BCUT2D eigenvalue weighted by molar-refractivity contribution is -0.169. The Labute approximate surface area is 207 Å². The normalized spacial score (nSPS) is 32.4. The summed E-state index contributed by atoms with van der Waals surface area (Å²) in [5, 5.41) is 54.9. The molecule has 186 valence electrons. The van der Waals surface area contributed by atoms with E-state index in [4.69, 9.17) is 5.73 Å². The van der Waals surface area contributed by atoms with Crippen LogP contribution in [-0.2, 0) is 14.4 Å². The summed E-state index contributed by atoms with van der Waals surface area (Å²) in [7, 11) is 2.92. The maximum absolute atomic E-state index is 13.7. The fraction of sp³-hybridized carbons (Fsp3) is 0.409. The number of fused-ring (bicyclic) bond motifs is 3. The van der Waals surface area contributed by atoms with Crippen molar-refractivity contribution >= 4 is 48.0 Å². The highest BCUT2D eigenvalue weighted by Gasteiger charge is 2.68. The maximum atomic E-state index is 13.7. The van der Waals surface area contributed by atoms with Crippen LogP contribution < -0.4 is 5.73 Å². The Kier molecular flexibility index (Phi) is 7.20. The van der Waals surface area contributed by atoms with Gasteiger partial charge in [0.15, 0.2) is 11.4 Å². The highest BCUT2D eigenvalue weighted by atomic mass is 35.5. The first-order chi connectivity index (χ1) is 14.9. The molecule has 10 nitrogen and oxygen atoms in total. The summed E-state index contributed by atoms with van der Waals surface area (Å²) in [6, 6.07) is 3.13. The third-order valence-electron chi connectivity index (χ3n) is 6.99. The minimum Gasteiger partial charge on any atom is -0.508 e. The Balaban J connectivity index is 0.00000204. The molecule has 1 fully saturated rings. The first kappa shape index (κ1) is 27.6. The molecule has 1 saturated carbocycles. The van der Waals surface area contributed by atoms with Crippen LogP contribution in [0.25, 0.3) is 5.76 Å². The minimum atomic E-state index is -2.89. The number of aliphatic hydroxyl groups excluding tert-OH is 3. The zero-order chi connectivity index (χ0) is 23.9. The summed E-state index contributed by atoms with van der Waals surface area (Å²) < 4.78 is 0. The van der Waals surface area contributed by atoms with E-state index in [1.165, 1.54) is 25.1 Å². The van der Waals surface area contributed by atoms with Crippen LogP contribution in [0.2, 0.25) is 0 Å². The van der Waals surface area contributed by atoms with Crippen molar-refractivity contribution in [1.29, 1.82) is 0 Å². The highest BCUT2D eigenvalue weighted by Crippen LogP contribution is 2.55. The van der Waals surface area contributed by atoms with Crippen LogP contribution in [0.1, 0.15) is 24.0 Å². The summed E-state index contributed by atoms with van der Waals surface area (Å²) in [6.45, 7) is 1.68. The molecule has 0 aliphatic heterocycles. The van der Waals surface area contributed by atoms with Crippen molar-refractivity contribution in [2.24, 2.45) is 17.6 Å². The largest absolute Gasteiger partial charge is 0.508 e. The molecule has 0 saturated heterocycles. The number of carbonyl (C=O) groups excluding carboxylic acids is 3. The third kappa shape index (κ3) is 3.24. The van der Waals surface area contributed by atoms with Gasteiger partial charge in [-0.1, -0.05) is 19.1 Å². The van der Waals surface area contributed by atoms with E-state index in [0.29, 0.717) is 5.56 Å². The Bertz CT molecular complexity index is 1150. The highest BCUT2D eigenvalue weighted by molar-refractivity contribution is 6.24. The number of phenols is 1. The topological polar surface area (TPSA) is 182 Å². The van der Waals surface area contributed by atoms with Crippen molar-refractivity contribution in [2.45, 2.75) is 30.6 Å². The number of amides is 1. The number of aromatic hydroxyl groups is 1. The first-order valence-corrected chi connectivity index (χ1v) is 10.0. The van der Waals surface area contributed by atoms with Crippen LogP contribution in [0.5, 0.6) is 5.75 Å². The molecule has 0 bridgehead atoms. The minimum absolute atomic E-state index is 0. The van der Waals surface area contributed by atoms with Gasteiger partial charge in [0.25, 0.3) is 5.91 Å². The van der Waals surface area contributed by atoms with Crippen molar-refractivity contribution in [3.05, 3.63) is 46.2 Å². The molecule has 0 spiro atoms. The lowest BCUT2D eigenvalue weighted by Gasteiger charge is -2.53. The van der Waals surface area contributed by atoms with E-state index in [0.717, 1.165) is 0 Å². The predicted molar refractivity (Wildman–Crippen MR) is 125 cm³/mol. The predicted octanol–water partition coefficient (Wildman–Crippen LogP) is 0.339. The Morgan fingerprint density at radius 2 is 1.71 bits per heavy atom. The monoisotopic (exact) mass is 516 g/mol. The number of nitrogens with zero attached hydrogens (tertiary/aromatic N) is 1. The smallest absolute Gasteiger partial charge is 0.255 e. The summed E-state index contributed by atoms with van der Waals surface area (Å²) in [4.78, 5) is 40.0. The van der Waals surface area contributed by atoms with E-state index in [1.807, 2.05) is 0 Å². The number of primary amides is 1. The zero-order valence-electron chi connectivity index (χ0n) is 18.4. The van der Waals surface area contributed by atoms with E-state index in [9.17, 15) is 39.9 Å². The van der Waals surface area contributed by atoms with Crippen LogP contribution in [0.15, 0.2) is 35.1 Å². The lowest BCUT2D eigenvalue weighted by atomic mass is 9.54. The average Bonchev–Trinajstić information content (AvgIpc) is 2.70. The van der Waals surface area contributed by atoms with Crippen LogP contribution >= 0.6 is 24.8 Å². The van der Waals surface area contributed by atoms with Crippen LogP contribution in [-0.4, -0.2) is 79.7 Å². The van der Waals surface area contributed by atoms with E-state index in [-0.39, 0.29) is 36.1 Å². The number of likely N-dealkylation sites (N-methyl/N-ethyl adjacent to an activating group) is 1. The second-order valence-corrected chi connectivity index (χ2v) is 8.79. The van der Waals surface area contributed by atoms with Crippen molar-refractivity contribution < 1.29 is 39.9 Å². The SMILES string of the molecule is C[C@H]1c2cccc(O)c2C(O)=C2C(=O)[C@]3(O)C(O)=C(C(N)=O)C(=O)[C@@H](N(C)C)[C@H]3[C@@H](O)[C@@H]21.Cl.Cl. The van der Waals surface area contributed by atoms with Gasteiger partial charge in [0.1, 0.15) is 22.8 Å². The van der Waals surface area contributed by atoms with Crippen molar-refractivity contribution in [2.75, 3.05) is 14.1 Å². The number of rotatable bonds is 2. The summed E-state index contributed by atoms with van der Waals surface area (Å²) in [5.74, 6) is -8.87. The fourth-order valence-electron chi connectivity index (χ4n) is 5.58. The van der Waals surface area contributed by atoms with Crippen molar-refractivity contribution in [1.82, 2.24) is 4.90 Å². The van der Waals surface area contributed by atoms with Gasteiger partial charge in [0.2, 0.25) is 5.78 Å². The molecule has 1 aromatic carbocycles. The molecule has 34 heavy (non-hydrogen) atoms. The number of benzene rings is 1. The summed E-state index contributed by atoms with van der Waals surface area (Å²) >= 11 is 0. The lowest BCUT2D eigenvalue weighted by Crippen LogP contribution is -2.70. The van der Waals surface area contributed by atoms with Gasteiger partial charge in [0.05, 0.1) is 23.6 Å². The van der Waals surface area contributed by atoms with E-state index < -0.39 is 75.6 Å². The number of halogens is 2. The Hall–Kier alpha value is -2.63. The number of carbonyl (C=O) groups is 3. The van der Waals surface area contributed by atoms with Gasteiger partial charge < -0.3 is 31.3 Å². The number of aliphatic hydroxyl groups is 4. The number of Topliss-reactive ketones (excluding diaryl/α,β-unsaturated/α-hetero) is 2. The fourth-order valence-corrected chi connectivity index (χ4v) is 5.58. The van der Waals surface area contributed by atoms with Gasteiger partial charge in [-0.25, -0.2) is 0 Å². The van der Waals surface area contributed by atoms with E-state index in [1.54, 1.807) is 19.1 Å². The second kappa shape index (κ2) is 8.86. The van der Waals surface area contributed by atoms with Gasteiger partial charge in [-0.3, -0.25) is 19.3 Å². The number of hydrogen-bond acceptors (Lipinski definition) is 9. The van der Waals surface area contributed by atoms with Gasteiger partial charge >= 0.3 is 0 Å². The second-order valence-electron chi connectivity index (χ2n) is 8.79. The molecule has 0 aromatic heterocycles. The zero-order valence-corrected chi connectivity index (χ0v) is 20.1. The molecular formula is C22H26Cl2N2O8. The van der Waals surface area contributed by atoms with Crippen molar-refractivity contribution in [3.8, 4) is 5.75 Å². The standard InChI is InChI=1S/C22H24N2O8.2ClH/c1-7-8-5-4-6-9(25)11(8)16(26)12-10(7)17(27)14-15(24(2)3)18(28)13(21(23)31)20(30)22(14,32)19(12)29;;/h4-7,10,14-15,17,25-27,30,32H,1-3H3,(H2,23,31);2*1H/t7-,10+,14-,15-,17-,22-;;/m0../s1. The van der Waals surface area contributed by atoms with Gasteiger partial charge in [-0.05, 0) is 31.6 Å². The molecule has 6 atom stereocenters. The molecule has 1 aromatic rings. The molecule has 12 heteroatoms. The van der Waals surface area contributed by atoms with Gasteiger partial charge in [0, 0.05) is 11.5 Å². The first-order valence-electron chi connectivity index (χ1n) is 10.0. The Morgan fingerprint density at radius 3 is 2.24 bits per heavy atom. The van der Waals surface area contributed by atoms with Crippen LogP contribution in [0.3, 0.4) is 0 Å². The molecule has 3 aliphatic rings. The summed E-state index contributed by atoms with van der Waals surface area (Å²) in [5.41, 5.74) is 1.47. The number of phenolic OH excluding ortho intramolecular Hbond substituents is 1. The van der Waals surface area contributed by atoms with Crippen molar-refractivity contribution in [3.63, 3.8) is 0 Å². The van der Waals surface area contributed by atoms with Crippen LogP contribution in [0, 0.1) is 11.8 Å². The van der Waals surface area contributed by atoms with Gasteiger partial charge in [-0.15, -0.1) is 24.8 Å². The summed E-state index contributed by atoms with van der Waals surface area (Å²) in [6.07, 6.45) is -1.59. The van der Waals surface area contributed by atoms with Gasteiger partial charge in [-0.2, -0.15) is 0 Å².